The molecular formula is C25H36N2O3. The summed E-state index contributed by atoms with van der Waals surface area (Å²) in [6, 6.07) is 7.63. The Morgan fingerprint density at radius 3 is 2.27 bits per heavy atom. The predicted octanol–water partition coefficient (Wildman–Crippen LogP) is 4.51. The highest BCUT2D eigenvalue weighted by molar-refractivity contribution is 5.97. The van der Waals surface area contributed by atoms with Gasteiger partial charge in [0.1, 0.15) is 5.75 Å². The highest BCUT2D eigenvalue weighted by Gasteiger charge is 2.26. The second-order valence-corrected chi connectivity index (χ2v) is 9.32. The van der Waals surface area contributed by atoms with E-state index in [4.69, 9.17) is 4.74 Å². The zero-order chi connectivity index (χ0) is 20.8. The first-order valence-corrected chi connectivity index (χ1v) is 12.0. The van der Waals surface area contributed by atoms with Gasteiger partial charge in [-0.2, -0.15) is 0 Å². The van der Waals surface area contributed by atoms with Gasteiger partial charge in [-0.25, -0.2) is 0 Å². The van der Waals surface area contributed by atoms with Crippen LogP contribution in [0.2, 0.25) is 0 Å². The molecule has 1 aromatic rings. The van der Waals surface area contributed by atoms with Crippen molar-refractivity contribution in [1.82, 2.24) is 9.80 Å². The smallest absolute Gasteiger partial charge is 0.257 e. The standard InChI is InChI=1S/C25H36N2O3/c28-24(12-11-20-7-1-2-8-20)26-17-13-21(14-18-26)19-30-23-10-4-3-9-22(23)25(29)27-15-5-6-16-27/h3-4,9-10,20-21H,1-2,5-8,11-19H2. The lowest BCUT2D eigenvalue weighted by Crippen LogP contribution is -2.39. The third-order valence-corrected chi connectivity index (χ3v) is 7.19. The molecule has 3 aliphatic rings. The molecule has 2 aliphatic heterocycles. The fraction of sp³-hybridized carbons (Fsp3) is 0.680. The summed E-state index contributed by atoms with van der Waals surface area (Å²) in [5, 5.41) is 0. The molecule has 1 saturated carbocycles. The van der Waals surface area contributed by atoms with Crippen molar-refractivity contribution in [3.05, 3.63) is 29.8 Å². The Morgan fingerprint density at radius 2 is 1.53 bits per heavy atom. The summed E-state index contributed by atoms with van der Waals surface area (Å²) in [5.41, 5.74) is 0.680. The van der Waals surface area contributed by atoms with Crippen LogP contribution in [-0.2, 0) is 4.79 Å². The quantitative estimate of drug-likeness (QED) is 0.662. The predicted molar refractivity (Wildman–Crippen MR) is 118 cm³/mol. The van der Waals surface area contributed by atoms with Crippen LogP contribution in [0.1, 0.15) is 74.6 Å². The Hall–Kier alpha value is -2.04. The van der Waals surface area contributed by atoms with Crippen LogP contribution < -0.4 is 4.74 Å². The summed E-state index contributed by atoms with van der Waals surface area (Å²) in [6.45, 7) is 3.99. The van der Waals surface area contributed by atoms with Crippen LogP contribution in [0.5, 0.6) is 5.75 Å². The number of para-hydroxylation sites is 1. The van der Waals surface area contributed by atoms with Crippen molar-refractivity contribution < 1.29 is 14.3 Å². The van der Waals surface area contributed by atoms with Crippen molar-refractivity contribution in [2.24, 2.45) is 11.8 Å². The number of benzene rings is 1. The lowest BCUT2D eigenvalue weighted by atomic mass is 9.96. The maximum atomic E-state index is 12.8. The minimum Gasteiger partial charge on any atom is -0.492 e. The fourth-order valence-corrected chi connectivity index (χ4v) is 5.20. The number of likely N-dealkylation sites (tertiary alicyclic amines) is 2. The van der Waals surface area contributed by atoms with E-state index in [-0.39, 0.29) is 5.91 Å². The zero-order valence-electron chi connectivity index (χ0n) is 18.2. The van der Waals surface area contributed by atoms with E-state index in [9.17, 15) is 9.59 Å². The number of piperidine rings is 1. The van der Waals surface area contributed by atoms with Gasteiger partial charge in [-0.3, -0.25) is 9.59 Å². The molecule has 0 N–H and O–H groups in total. The molecule has 1 aliphatic carbocycles. The number of hydrogen-bond donors (Lipinski definition) is 0. The van der Waals surface area contributed by atoms with E-state index in [1.807, 2.05) is 29.2 Å². The number of carbonyl (C=O) groups excluding carboxylic acids is 2. The highest BCUT2D eigenvalue weighted by atomic mass is 16.5. The molecule has 0 radical (unpaired) electrons. The second kappa shape index (κ2) is 10.3. The summed E-state index contributed by atoms with van der Waals surface area (Å²) in [7, 11) is 0. The van der Waals surface area contributed by atoms with Gasteiger partial charge in [-0.15, -0.1) is 0 Å². The molecule has 0 aromatic heterocycles. The van der Waals surface area contributed by atoms with E-state index in [2.05, 4.69) is 4.90 Å². The summed E-state index contributed by atoms with van der Waals surface area (Å²) in [6.07, 6.45) is 11.3. The Labute approximate surface area is 180 Å². The average molecular weight is 413 g/mol. The normalized spacial score (nSPS) is 20.7. The number of amides is 2. The molecule has 2 amide bonds. The van der Waals surface area contributed by atoms with Crippen molar-refractivity contribution in [2.45, 2.75) is 64.2 Å². The lowest BCUT2D eigenvalue weighted by Gasteiger charge is -2.32. The van der Waals surface area contributed by atoms with Crippen LogP contribution in [-0.4, -0.2) is 54.4 Å². The van der Waals surface area contributed by atoms with Crippen molar-refractivity contribution in [3.63, 3.8) is 0 Å². The fourth-order valence-electron chi connectivity index (χ4n) is 5.20. The minimum atomic E-state index is 0.0887. The molecule has 0 bridgehead atoms. The average Bonchev–Trinajstić information content (AvgIpc) is 3.50. The molecule has 30 heavy (non-hydrogen) atoms. The molecule has 3 fully saturated rings. The second-order valence-electron chi connectivity index (χ2n) is 9.32. The monoisotopic (exact) mass is 412 g/mol. The van der Waals surface area contributed by atoms with Crippen LogP contribution in [0, 0.1) is 11.8 Å². The molecule has 5 nitrogen and oxygen atoms in total. The van der Waals surface area contributed by atoms with Gasteiger partial charge in [0.15, 0.2) is 0 Å². The van der Waals surface area contributed by atoms with Crippen LogP contribution in [0.3, 0.4) is 0 Å². The van der Waals surface area contributed by atoms with Crippen molar-refractivity contribution in [3.8, 4) is 5.75 Å². The zero-order valence-corrected chi connectivity index (χ0v) is 18.2. The Morgan fingerprint density at radius 1 is 0.833 bits per heavy atom. The molecule has 5 heteroatoms. The summed E-state index contributed by atoms with van der Waals surface area (Å²) < 4.78 is 6.12. The third-order valence-electron chi connectivity index (χ3n) is 7.19. The van der Waals surface area contributed by atoms with Crippen LogP contribution in [0.4, 0.5) is 0 Å². The Bertz CT molecular complexity index is 715. The summed E-state index contributed by atoms with van der Waals surface area (Å²) in [5.74, 6) is 2.35. The molecular weight excluding hydrogens is 376 g/mol. The van der Waals surface area contributed by atoms with E-state index in [1.165, 1.54) is 25.7 Å². The number of nitrogens with zero attached hydrogens (tertiary/aromatic N) is 2. The summed E-state index contributed by atoms with van der Waals surface area (Å²) in [4.78, 5) is 29.3. The first-order valence-electron chi connectivity index (χ1n) is 12.0. The first-order chi connectivity index (χ1) is 14.7. The van der Waals surface area contributed by atoms with Crippen molar-refractivity contribution in [1.29, 1.82) is 0 Å². The topological polar surface area (TPSA) is 49.9 Å². The van der Waals surface area contributed by atoms with E-state index < -0.39 is 0 Å². The molecule has 164 valence electrons. The maximum absolute atomic E-state index is 12.8. The molecule has 2 saturated heterocycles. The molecule has 4 rings (SSSR count). The van der Waals surface area contributed by atoms with E-state index in [0.717, 1.165) is 70.6 Å². The lowest BCUT2D eigenvalue weighted by molar-refractivity contribution is -0.133. The van der Waals surface area contributed by atoms with E-state index in [1.54, 1.807) is 0 Å². The molecule has 2 heterocycles. The van der Waals surface area contributed by atoms with Crippen LogP contribution in [0.15, 0.2) is 24.3 Å². The van der Waals surface area contributed by atoms with Gasteiger partial charge in [0.2, 0.25) is 5.91 Å². The van der Waals surface area contributed by atoms with E-state index in [0.29, 0.717) is 29.7 Å². The highest BCUT2D eigenvalue weighted by Crippen LogP contribution is 2.29. The third kappa shape index (κ3) is 5.35. The van der Waals surface area contributed by atoms with Gasteiger partial charge < -0.3 is 14.5 Å². The number of ether oxygens (including phenoxy) is 1. The van der Waals surface area contributed by atoms with Gasteiger partial charge in [-0.05, 0) is 56.1 Å². The number of hydrogen-bond acceptors (Lipinski definition) is 3. The molecule has 1 aromatic carbocycles. The Kier molecular flexibility index (Phi) is 7.29. The first kappa shape index (κ1) is 21.2. The van der Waals surface area contributed by atoms with Crippen molar-refractivity contribution >= 4 is 11.8 Å². The Balaban J connectivity index is 1.22. The van der Waals surface area contributed by atoms with Gasteiger partial charge in [0, 0.05) is 32.6 Å². The molecule has 0 atom stereocenters. The maximum Gasteiger partial charge on any atom is 0.257 e. The van der Waals surface area contributed by atoms with E-state index >= 15 is 0 Å². The van der Waals surface area contributed by atoms with Gasteiger partial charge >= 0.3 is 0 Å². The SMILES string of the molecule is O=C(CCC1CCCC1)N1CCC(COc2ccccc2C(=O)N2CCCC2)CC1. The minimum absolute atomic E-state index is 0.0887. The van der Waals surface area contributed by atoms with Gasteiger partial charge in [0.25, 0.3) is 5.91 Å². The van der Waals surface area contributed by atoms with Crippen LogP contribution in [0.25, 0.3) is 0 Å². The molecule has 0 unspecified atom stereocenters. The number of rotatable bonds is 7. The largest absolute Gasteiger partial charge is 0.492 e. The summed E-state index contributed by atoms with van der Waals surface area (Å²) >= 11 is 0. The van der Waals surface area contributed by atoms with Crippen molar-refractivity contribution in [2.75, 3.05) is 32.8 Å². The van der Waals surface area contributed by atoms with Crippen LogP contribution >= 0.6 is 0 Å². The van der Waals surface area contributed by atoms with Gasteiger partial charge in [-0.1, -0.05) is 37.8 Å². The number of carbonyl (C=O) groups is 2. The molecule has 0 spiro atoms. The van der Waals surface area contributed by atoms with Gasteiger partial charge in [0.05, 0.1) is 12.2 Å².